The van der Waals surface area contributed by atoms with Crippen molar-refractivity contribution in [2.45, 2.75) is 46.0 Å². The second-order valence-electron chi connectivity index (χ2n) is 6.25. The zero-order valence-electron chi connectivity index (χ0n) is 15.4. The molecule has 1 saturated carbocycles. The number of thioether (sulfide) groups is 1. The summed E-state index contributed by atoms with van der Waals surface area (Å²) in [7, 11) is 1.50. The highest BCUT2D eigenvalue weighted by Crippen LogP contribution is 2.42. The van der Waals surface area contributed by atoms with Gasteiger partial charge in [-0.25, -0.2) is 4.98 Å². The Hall–Kier alpha value is -2.15. The van der Waals surface area contributed by atoms with Gasteiger partial charge in [0.15, 0.2) is 0 Å². The Morgan fingerprint density at radius 1 is 1.42 bits per heavy atom. The van der Waals surface area contributed by atoms with Crippen LogP contribution >= 0.6 is 11.8 Å². The van der Waals surface area contributed by atoms with Crippen LogP contribution in [-0.2, 0) is 9.59 Å². The van der Waals surface area contributed by atoms with Crippen LogP contribution in [-0.4, -0.2) is 34.6 Å². The summed E-state index contributed by atoms with van der Waals surface area (Å²) in [6, 6.07) is 0. The van der Waals surface area contributed by atoms with E-state index in [9.17, 15) is 14.7 Å². The lowest BCUT2D eigenvalue weighted by Gasteiger charge is -2.26. The van der Waals surface area contributed by atoms with Gasteiger partial charge in [-0.2, -0.15) is 0 Å². The molecule has 0 saturated heterocycles. The molecule has 1 N–H and O–H groups in total. The van der Waals surface area contributed by atoms with Crippen molar-refractivity contribution >= 4 is 34.1 Å². The zero-order valence-corrected chi connectivity index (χ0v) is 16.2. The van der Waals surface area contributed by atoms with E-state index in [0.29, 0.717) is 35.6 Å². The molecule has 26 heavy (non-hydrogen) atoms. The Morgan fingerprint density at radius 2 is 2.08 bits per heavy atom. The highest BCUT2D eigenvalue weighted by atomic mass is 32.2. The molecule has 0 amide bonds. The van der Waals surface area contributed by atoms with Gasteiger partial charge in [-0.1, -0.05) is 38.1 Å². The number of Topliss-reactive ketones (excluding diaryl/α,β-unsaturated/α-hetero) is 1. The van der Waals surface area contributed by atoms with Crippen LogP contribution in [0.1, 0.15) is 51.8 Å². The fourth-order valence-electron chi connectivity index (χ4n) is 3.43. The summed E-state index contributed by atoms with van der Waals surface area (Å²) in [5.74, 6) is -0.849. The van der Waals surface area contributed by atoms with Gasteiger partial charge >= 0.3 is 5.97 Å². The number of aliphatic imine (C=N–C) groups is 1. The number of ketones is 1. The molecular weight excluding hydrogens is 352 g/mol. The normalized spacial score (nSPS) is 17.7. The minimum absolute atomic E-state index is 0.154. The number of oxazole rings is 1. The van der Waals surface area contributed by atoms with Crippen LogP contribution in [0.25, 0.3) is 4.91 Å². The molecule has 7 heteroatoms. The summed E-state index contributed by atoms with van der Waals surface area (Å²) < 4.78 is 5.23. The van der Waals surface area contributed by atoms with E-state index in [4.69, 9.17) is 4.42 Å². The smallest absolute Gasteiger partial charge is 0.315 e. The number of aliphatic carboxylic acids is 1. The maximum Gasteiger partial charge on any atom is 0.315 e. The van der Waals surface area contributed by atoms with Crippen molar-refractivity contribution in [3.05, 3.63) is 35.4 Å². The van der Waals surface area contributed by atoms with Gasteiger partial charge in [-0.3, -0.25) is 14.6 Å². The quantitative estimate of drug-likeness (QED) is 0.536. The molecule has 1 aliphatic rings. The van der Waals surface area contributed by atoms with Crippen LogP contribution in [0.2, 0.25) is 0 Å². The van der Waals surface area contributed by atoms with E-state index in [1.165, 1.54) is 31.3 Å². The summed E-state index contributed by atoms with van der Waals surface area (Å²) in [6.07, 6.45) is 5.96. The lowest BCUT2D eigenvalue weighted by molar-refractivity contribution is -0.145. The summed E-state index contributed by atoms with van der Waals surface area (Å²) >= 11 is 1.30. The first-order valence-corrected chi connectivity index (χ1v) is 9.40. The Balaban J connectivity index is 2.33. The van der Waals surface area contributed by atoms with Crippen LogP contribution in [0, 0.1) is 5.41 Å². The molecule has 0 spiro atoms. The molecule has 140 valence electrons. The lowest BCUT2D eigenvalue weighted by Crippen LogP contribution is -2.42. The molecule has 0 radical (unpaired) electrons. The van der Waals surface area contributed by atoms with Crippen molar-refractivity contribution in [1.29, 1.82) is 0 Å². The van der Waals surface area contributed by atoms with E-state index >= 15 is 0 Å². The third-order valence-electron chi connectivity index (χ3n) is 4.76. The van der Waals surface area contributed by atoms with Gasteiger partial charge in [-0.15, -0.1) is 0 Å². The number of carboxylic acid groups (broad SMARTS) is 1. The van der Waals surface area contributed by atoms with E-state index in [1.807, 2.05) is 13.8 Å². The maximum absolute atomic E-state index is 13.2. The fourth-order valence-corrected chi connectivity index (χ4v) is 4.34. The predicted octanol–water partition coefficient (Wildman–Crippen LogP) is 4.35. The molecule has 0 unspecified atom stereocenters. The standard InChI is InChI=1S/C19H24N2O4S/c1-5-14(12(2)26-13(3)17-21-10-11-25-17)15(22)16(20-4)19(18(23)24)8-6-7-9-19/h10-11H,3,5-9H2,1-2,4H3,(H,23,24)/b14-12+,20-16+. The van der Waals surface area contributed by atoms with E-state index in [2.05, 4.69) is 16.6 Å². The molecular formula is C19H24N2O4S. The van der Waals surface area contributed by atoms with Crippen LogP contribution in [0.15, 0.2) is 38.9 Å². The minimum atomic E-state index is -1.17. The first-order valence-electron chi connectivity index (χ1n) is 8.59. The van der Waals surface area contributed by atoms with Gasteiger partial charge in [0.1, 0.15) is 11.7 Å². The van der Waals surface area contributed by atoms with Crippen molar-refractivity contribution in [3.63, 3.8) is 0 Å². The molecule has 0 atom stereocenters. The Bertz CT molecular complexity index is 757. The number of hydrogen-bond acceptors (Lipinski definition) is 6. The van der Waals surface area contributed by atoms with Gasteiger partial charge < -0.3 is 9.52 Å². The van der Waals surface area contributed by atoms with Gasteiger partial charge in [-0.05, 0) is 31.1 Å². The molecule has 1 aromatic rings. The Morgan fingerprint density at radius 3 is 2.54 bits per heavy atom. The van der Waals surface area contributed by atoms with Crippen LogP contribution < -0.4 is 0 Å². The van der Waals surface area contributed by atoms with Gasteiger partial charge in [0.2, 0.25) is 11.7 Å². The second-order valence-corrected chi connectivity index (χ2v) is 7.56. The van der Waals surface area contributed by atoms with E-state index < -0.39 is 11.4 Å². The van der Waals surface area contributed by atoms with Crippen molar-refractivity contribution in [2.24, 2.45) is 10.4 Å². The van der Waals surface area contributed by atoms with E-state index in [-0.39, 0.29) is 11.5 Å². The lowest BCUT2D eigenvalue weighted by atomic mass is 9.77. The van der Waals surface area contributed by atoms with Crippen molar-refractivity contribution in [1.82, 2.24) is 4.98 Å². The number of hydrogen-bond donors (Lipinski definition) is 1. The third kappa shape index (κ3) is 3.82. The first kappa shape index (κ1) is 20.2. The van der Waals surface area contributed by atoms with Crippen LogP contribution in [0.3, 0.4) is 0 Å². The number of carboxylic acids is 1. The Labute approximate surface area is 157 Å². The molecule has 6 nitrogen and oxygen atoms in total. The molecule has 0 aliphatic heterocycles. The van der Waals surface area contributed by atoms with Gasteiger partial charge in [0.25, 0.3) is 0 Å². The molecule has 1 heterocycles. The van der Waals surface area contributed by atoms with Crippen molar-refractivity contribution < 1.29 is 19.1 Å². The average Bonchev–Trinajstić information content (AvgIpc) is 3.28. The number of carbonyl (C=O) groups is 2. The van der Waals surface area contributed by atoms with Crippen LogP contribution in [0.4, 0.5) is 0 Å². The molecule has 1 aliphatic carbocycles. The number of aromatic nitrogens is 1. The maximum atomic E-state index is 13.2. The summed E-state index contributed by atoms with van der Waals surface area (Å²) in [5, 5.41) is 9.79. The monoisotopic (exact) mass is 376 g/mol. The summed E-state index contributed by atoms with van der Waals surface area (Å²) in [4.78, 5) is 34.7. The first-order chi connectivity index (χ1) is 12.4. The topological polar surface area (TPSA) is 92.8 Å². The van der Waals surface area contributed by atoms with E-state index in [1.54, 1.807) is 0 Å². The SMILES string of the molecule is C=C(S/C(C)=C(\CC)C(=O)/C(=N\C)C1(C(=O)O)CCCC1)c1ncco1. The van der Waals surface area contributed by atoms with Gasteiger partial charge in [0.05, 0.1) is 16.8 Å². The molecule has 0 bridgehead atoms. The number of nitrogens with zero attached hydrogens (tertiary/aromatic N) is 2. The number of carbonyl (C=O) groups excluding carboxylic acids is 1. The number of rotatable bonds is 8. The highest BCUT2D eigenvalue weighted by Gasteiger charge is 2.48. The molecule has 2 rings (SSSR count). The summed E-state index contributed by atoms with van der Waals surface area (Å²) in [6.45, 7) is 7.63. The Kier molecular flexibility index (Phi) is 6.58. The second kappa shape index (κ2) is 8.49. The molecule has 1 aromatic heterocycles. The zero-order chi connectivity index (χ0) is 19.3. The van der Waals surface area contributed by atoms with Crippen LogP contribution in [0.5, 0.6) is 0 Å². The third-order valence-corrected chi connectivity index (χ3v) is 5.73. The van der Waals surface area contributed by atoms with E-state index in [0.717, 1.165) is 17.7 Å². The minimum Gasteiger partial charge on any atom is -0.481 e. The number of allylic oxidation sites excluding steroid dienone is 2. The average molecular weight is 376 g/mol. The van der Waals surface area contributed by atoms with Crippen molar-refractivity contribution in [2.75, 3.05) is 7.05 Å². The molecule has 1 fully saturated rings. The fraction of sp³-hybridized carbons (Fsp3) is 0.474. The van der Waals surface area contributed by atoms with Crippen molar-refractivity contribution in [3.8, 4) is 0 Å². The largest absolute Gasteiger partial charge is 0.481 e. The highest BCUT2D eigenvalue weighted by molar-refractivity contribution is 8.11. The molecule has 0 aromatic carbocycles. The predicted molar refractivity (Wildman–Crippen MR) is 103 cm³/mol. The summed E-state index contributed by atoms with van der Waals surface area (Å²) in [5.41, 5.74) is -0.464. The van der Waals surface area contributed by atoms with Gasteiger partial charge in [0, 0.05) is 12.6 Å².